The number of hydrogen-bond acceptors (Lipinski definition) is 5. The molecule has 0 bridgehead atoms. The molecule has 0 rings (SSSR count). The summed E-state index contributed by atoms with van der Waals surface area (Å²) >= 11 is 0. The van der Waals surface area contributed by atoms with Gasteiger partial charge in [-0.2, -0.15) is 0 Å². The van der Waals surface area contributed by atoms with Crippen molar-refractivity contribution in [2.75, 3.05) is 13.2 Å². The first-order valence-corrected chi connectivity index (χ1v) is 40.8. The normalized spacial score (nSPS) is 12.7. The molecule has 1 unspecified atom stereocenters. The molecule has 0 saturated carbocycles. The molecule has 5 nitrogen and oxygen atoms in total. The lowest BCUT2D eigenvalue weighted by atomic mass is 10.0. The summed E-state index contributed by atoms with van der Waals surface area (Å²) in [6.07, 6.45) is 118. The van der Waals surface area contributed by atoms with Crippen LogP contribution in [0.3, 0.4) is 0 Å². The Bertz CT molecular complexity index is 1700. The van der Waals surface area contributed by atoms with E-state index in [2.05, 4.69) is 111 Å². The molecule has 92 heavy (non-hydrogen) atoms. The molecule has 0 aromatic heterocycles. The first-order chi connectivity index (χ1) is 45.6. The van der Waals surface area contributed by atoms with Gasteiger partial charge in [0.05, 0.1) is 6.61 Å². The summed E-state index contributed by atoms with van der Waals surface area (Å²) in [4.78, 5) is 24.7. The Morgan fingerprint density at radius 3 is 0.707 bits per heavy atom. The van der Waals surface area contributed by atoms with Crippen molar-refractivity contribution in [1.82, 2.24) is 0 Å². The Morgan fingerprint density at radius 1 is 0.261 bits per heavy atom. The Kier molecular flexibility index (Phi) is 79.2. The number of unbranched alkanes of at least 4 members (excludes halogenated alkanes) is 52. The van der Waals surface area contributed by atoms with Crippen LogP contribution in [0.5, 0.6) is 0 Å². The van der Waals surface area contributed by atoms with Gasteiger partial charge in [-0.25, -0.2) is 0 Å². The molecule has 0 spiro atoms. The summed E-state index contributed by atoms with van der Waals surface area (Å²) in [5, 5.41) is 9.74. The number of carbonyl (C=O) groups excluding carboxylic acids is 2. The lowest BCUT2D eigenvalue weighted by molar-refractivity contribution is -0.161. The van der Waals surface area contributed by atoms with Crippen molar-refractivity contribution in [3.05, 3.63) is 97.2 Å². The van der Waals surface area contributed by atoms with Crippen molar-refractivity contribution >= 4 is 11.9 Å². The van der Waals surface area contributed by atoms with Gasteiger partial charge in [-0.3, -0.25) is 9.59 Å². The fourth-order valence-corrected chi connectivity index (χ4v) is 12.3. The smallest absolute Gasteiger partial charge is 0.306 e. The monoisotopic (exact) mass is 1280 g/mol. The van der Waals surface area contributed by atoms with Crippen LogP contribution >= 0.6 is 0 Å². The van der Waals surface area contributed by atoms with E-state index in [4.69, 9.17) is 9.47 Å². The molecule has 0 heterocycles. The molecular formula is C87H156O5. The molecule has 5 heteroatoms. The van der Waals surface area contributed by atoms with E-state index in [-0.39, 0.29) is 25.2 Å². The molecule has 0 saturated heterocycles. The Hall–Kier alpha value is -3.18. The summed E-state index contributed by atoms with van der Waals surface area (Å²) in [5.74, 6) is -0.568. The summed E-state index contributed by atoms with van der Waals surface area (Å²) < 4.78 is 10.8. The standard InChI is InChI=1S/C87H156O5/c1-3-5-7-9-11-13-15-17-19-21-23-25-27-29-31-33-35-37-39-41-43-45-47-49-51-53-55-57-59-61-63-65-67-69-71-73-75-77-79-81-86(89)91-84-85(83-88)92-87(90)82-80-78-76-74-72-70-68-66-64-62-60-58-56-54-52-50-48-46-44-42-40-38-36-34-32-30-28-26-24-22-20-18-16-14-12-10-8-6-4-2/h6,8,12,14-15,17-18,20-21,23-24,26,30,32,36,38,85,88H,3-5,7,9-11,13,16,19,22,25,27-29,31,33-35,37,39-84H2,1-2H3/b8-6-,14-12-,17-15-,20-18-,23-21-,26-24-,32-30-,38-36-. The second kappa shape index (κ2) is 82.1. The highest BCUT2D eigenvalue weighted by atomic mass is 16.6. The van der Waals surface area contributed by atoms with Crippen LogP contribution < -0.4 is 0 Å². The second-order valence-corrected chi connectivity index (χ2v) is 27.5. The molecule has 0 aliphatic heterocycles. The molecule has 1 N–H and O–H groups in total. The van der Waals surface area contributed by atoms with E-state index in [9.17, 15) is 14.7 Å². The van der Waals surface area contributed by atoms with Gasteiger partial charge in [0.1, 0.15) is 6.61 Å². The zero-order valence-corrected chi connectivity index (χ0v) is 61.6. The Labute approximate surface area is 574 Å². The maximum absolute atomic E-state index is 12.4. The second-order valence-electron chi connectivity index (χ2n) is 27.5. The minimum atomic E-state index is -0.774. The van der Waals surface area contributed by atoms with Gasteiger partial charge in [-0.1, -0.05) is 413 Å². The highest BCUT2D eigenvalue weighted by Crippen LogP contribution is 2.20. The number of ether oxygens (including phenoxy) is 2. The van der Waals surface area contributed by atoms with Crippen LogP contribution in [0.2, 0.25) is 0 Å². The predicted molar refractivity (Wildman–Crippen MR) is 408 cm³/mol. The predicted octanol–water partition coefficient (Wildman–Crippen LogP) is 28.9. The van der Waals surface area contributed by atoms with Crippen LogP contribution in [0, 0.1) is 0 Å². The van der Waals surface area contributed by atoms with E-state index in [0.29, 0.717) is 12.8 Å². The average Bonchev–Trinajstić information content (AvgIpc) is 3.75. The summed E-state index contributed by atoms with van der Waals surface area (Å²) in [6.45, 7) is 4.07. The number of aliphatic hydroxyl groups excluding tert-OH is 1. The van der Waals surface area contributed by atoms with Crippen LogP contribution in [0.1, 0.15) is 425 Å². The van der Waals surface area contributed by atoms with E-state index in [1.165, 1.54) is 315 Å². The number of rotatable bonds is 76. The number of hydrogen-bond donors (Lipinski definition) is 1. The quantitative estimate of drug-likeness (QED) is 0.0373. The van der Waals surface area contributed by atoms with Crippen molar-refractivity contribution in [2.45, 2.75) is 431 Å². The topological polar surface area (TPSA) is 72.8 Å². The lowest BCUT2D eigenvalue weighted by Gasteiger charge is -2.15. The minimum absolute atomic E-state index is 0.0619. The molecule has 0 aromatic carbocycles. The van der Waals surface area contributed by atoms with Gasteiger partial charge in [-0.05, 0) is 96.3 Å². The van der Waals surface area contributed by atoms with E-state index in [1.54, 1.807) is 0 Å². The average molecular weight is 1280 g/mol. The highest BCUT2D eigenvalue weighted by Gasteiger charge is 2.16. The van der Waals surface area contributed by atoms with Crippen molar-refractivity contribution < 1.29 is 24.2 Å². The molecule has 534 valence electrons. The molecule has 0 amide bonds. The van der Waals surface area contributed by atoms with Gasteiger partial charge in [0, 0.05) is 12.8 Å². The van der Waals surface area contributed by atoms with Gasteiger partial charge in [0.15, 0.2) is 6.10 Å². The van der Waals surface area contributed by atoms with Gasteiger partial charge >= 0.3 is 11.9 Å². The summed E-state index contributed by atoms with van der Waals surface area (Å²) in [7, 11) is 0. The largest absolute Gasteiger partial charge is 0.462 e. The molecule has 0 aliphatic carbocycles. The van der Waals surface area contributed by atoms with Crippen molar-refractivity contribution in [2.24, 2.45) is 0 Å². The molecule has 0 aliphatic rings. The van der Waals surface area contributed by atoms with E-state index in [0.717, 1.165) is 83.5 Å². The fraction of sp³-hybridized carbons (Fsp3) is 0.793. The lowest BCUT2D eigenvalue weighted by Crippen LogP contribution is -2.28. The fourth-order valence-electron chi connectivity index (χ4n) is 12.3. The molecule has 1 atom stereocenters. The van der Waals surface area contributed by atoms with E-state index < -0.39 is 6.10 Å². The highest BCUT2D eigenvalue weighted by molar-refractivity contribution is 5.70. The van der Waals surface area contributed by atoms with Gasteiger partial charge in [0.25, 0.3) is 0 Å². The number of aliphatic hydroxyl groups is 1. The summed E-state index contributed by atoms with van der Waals surface area (Å²) in [6, 6.07) is 0. The van der Waals surface area contributed by atoms with E-state index in [1.807, 2.05) is 0 Å². The first kappa shape index (κ1) is 88.8. The Balaban J connectivity index is 3.39. The molecule has 0 radical (unpaired) electrons. The molecule has 0 fully saturated rings. The van der Waals surface area contributed by atoms with Crippen LogP contribution in [0.25, 0.3) is 0 Å². The third-order valence-corrected chi connectivity index (χ3v) is 18.4. The van der Waals surface area contributed by atoms with Crippen LogP contribution in [-0.2, 0) is 19.1 Å². The molecule has 0 aromatic rings. The zero-order chi connectivity index (χ0) is 66.1. The SMILES string of the molecule is CC/C=C\C/C=C\C/C=C\C/C=C\C/C=C\C/C=C\CCCCCCCCCCCCCCCCCCCCCCC(=O)OC(CO)COC(=O)CCCCCCCCCCCCCCCCCCCCCCCCCCCCC/C=C\C/C=C\CCCCCCC. The first-order valence-electron chi connectivity index (χ1n) is 40.8. The maximum atomic E-state index is 12.4. The minimum Gasteiger partial charge on any atom is -0.462 e. The van der Waals surface area contributed by atoms with Crippen molar-refractivity contribution in [3.63, 3.8) is 0 Å². The third-order valence-electron chi connectivity index (χ3n) is 18.4. The maximum Gasteiger partial charge on any atom is 0.306 e. The van der Waals surface area contributed by atoms with Crippen LogP contribution in [-0.4, -0.2) is 36.4 Å². The Morgan fingerprint density at radius 2 is 0.467 bits per heavy atom. The van der Waals surface area contributed by atoms with Crippen molar-refractivity contribution in [1.29, 1.82) is 0 Å². The summed E-state index contributed by atoms with van der Waals surface area (Å²) in [5.41, 5.74) is 0. The van der Waals surface area contributed by atoms with Gasteiger partial charge in [-0.15, -0.1) is 0 Å². The van der Waals surface area contributed by atoms with Crippen LogP contribution in [0.4, 0.5) is 0 Å². The molecular weight excluding hydrogens is 1120 g/mol. The zero-order valence-electron chi connectivity index (χ0n) is 61.6. The number of allylic oxidation sites excluding steroid dienone is 16. The van der Waals surface area contributed by atoms with Crippen LogP contribution in [0.15, 0.2) is 97.2 Å². The number of esters is 2. The number of carbonyl (C=O) groups is 2. The van der Waals surface area contributed by atoms with E-state index >= 15 is 0 Å². The van der Waals surface area contributed by atoms with Crippen molar-refractivity contribution in [3.8, 4) is 0 Å². The third kappa shape index (κ3) is 79.3. The van der Waals surface area contributed by atoms with Gasteiger partial charge < -0.3 is 14.6 Å². The van der Waals surface area contributed by atoms with Gasteiger partial charge in [0.2, 0.25) is 0 Å².